The summed E-state index contributed by atoms with van der Waals surface area (Å²) in [5, 5.41) is 5.20. The predicted molar refractivity (Wildman–Crippen MR) is 102 cm³/mol. The Labute approximate surface area is 166 Å². The highest BCUT2D eigenvalue weighted by atomic mass is 35.5. The molecule has 0 unspecified atom stereocenters. The minimum atomic E-state index is -2.29. The first-order chi connectivity index (χ1) is 12.9. The van der Waals surface area contributed by atoms with Crippen molar-refractivity contribution >= 4 is 23.8 Å². The third-order valence-corrected chi connectivity index (χ3v) is 5.24. The molecule has 1 fully saturated rings. The first-order valence-corrected chi connectivity index (χ1v) is 9.45. The molecule has 1 saturated heterocycles. The van der Waals surface area contributed by atoms with E-state index >= 15 is 0 Å². The molecule has 0 N–H and O–H groups in total. The molecule has 1 aromatic heterocycles. The van der Waals surface area contributed by atoms with Crippen LogP contribution in [0, 0.1) is 4.77 Å². The van der Waals surface area contributed by atoms with Gasteiger partial charge < -0.3 is 9.30 Å². The van der Waals surface area contributed by atoms with Crippen molar-refractivity contribution in [1.82, 2.24) is 24.1 Å². The van der Waals surface area contributed by atoms with Crippen LogP contribution < -0.4 is 4.74 Å². The fourth-order valence-corrected chi connectivity index (χ4v) is 3.26. The molecule has 0 spiro atoms. The zero-order valence-corrected chi connectivity index (χ0v) is 16.6. The Morgan fingerprint density at radius 1 is 1.15 bits per heavy atom. The van der Waals surface area contributed by atoms with Gasteiger partial charge in [-0.3, -0.25) is 9.80 Å². The second kappa shape index (κ2) is 9.09. The first kappa shape index (κ1) is 20.2. The number of benzene rings is 1. The highest BCUT2D eigenvalue weighted by Gasteiger charge is 2.20. The lowest BCUT2D eigenvalue weighted by atomic mass is 10.3. The van der Waals surface area contributed by atoms with Crippen LogP contribution in [0.25, 0.3) is 0 Å². The Kier molecular flexibility index (Phi) is 6.80. The Morgan fingerprint density at radius 2 is 1.78 bits per heavy atom. The summed E-state index contributed by atoms with van der Waals surface area (Å²) >= 11 is 11.3. The predicted octanol–water partition coefficient (Wildman–Crippen LogP) is 3.02. The number of alkyl halides is 2. The van der Waals surface area contributed by atoms with E-state index in [-0.39, 0.29) is 13.2 Å². The van der Waals surface area contributed by atoms with Gasteiger partial charge in [-0.1, -0.05) is 11.6 Å². The molecule has 148 valence electrons. The van der Waals surface area contributed by atoms with E-state index in [2.05, 4.69) is 10.00 Å². The van der Waals surface area contributed by atoms with Crippen molar-refractivity contribution in [3.05, 3.63) is 39.9 Å². The summed E-state index contributed by atoms with van der Waals surface area (Å²) in [7, 11) is 1.85. The van der Waals surface area contributed by atoms with Crippen molar-refractivity contribution in [1.29, 1.82) is 0 Å². The van der Waals surface area contributed by atoms with E-state index < -0.39 is 6.43 Å². The summed E-state index contributed by atoms with van der Waals surface area (Å²) in [5.74, 6) is 1.42. The summed E-state index contributed by atoms with van der Waals surface area (Å²) in [4.78, 5) is 3.94. The van der Waals surface area contributed by atoms with Gasteiger partial charge in [0.1, 0.15) is 12.4 Å². The lowest BCUT2D eigenvalue weighted by Crippen LogP contribution is -2.48. The molecule has 1 aromatic carbocycles. The van der Waals surface area contributed by atoms with Crippen LogP contribution in [0.4, 0.5) is 8.78 Å². The largest absolute Gasteiger partial charge is 0.486 e. The van der Waals surface area contributed by atoms with E-state index in [9.17, 15) is 8.78 Å². The number of hydrogen-bond acceptors (Lipinski definition) is 5. The minimum absolute atomic E-state index is 0.164. The summed E-state index contributed by atoms with van der Waals surface area (Å²) < 4.78 is 34.9. The summed E-state index contributed by atoms with van der Waals surface area (Å²) in [5.41, 5.74) is 0. The maximum Gasteiger partial charge on any atom is 0.251 e. The quantitative estimate of drug-likeness (QED) is 0.647. The molecular weight excluding hydrogens is 396 g/mol. The van der Waals surface area contributed by atoms with Gasteiger partial charge in [0.05, 0.1) is 13.2 Å². The molecule has 0 radical (unpaired) electrons. The molecule has 0 atom stereocenters. The molecule has 0 aliphatic carbocycles. The number of nitrogens with zero attached hydrogens (tertiary/aromatic N) is 5. The van der Waals surface area contributed by atoms with Crippen LogP contribution in [0.15, 0.2) is 24.3 Å². The molecule has 3 rings (SSSR count). The van der Waals surface area contributed by atoms with E-state index in [1.165, 1.54) is 0 Å². The summed E-state index contributed by atoms with van der Waals surface area (Å²) in [6, 6.07) is 7.13. The molecule has 1 aliphatic heterocycles. The van der Waals surface area contributed by atoms with Crippen LogP contribution in [-0.2, 0) is 20.3 Å². The van der Waals surface area contributed by atoms with Crippen molar-refractivity contribution < 1.29 is 13.5 Å². The molecular formula is C17H22ClF2N5OS. The second-order valence-electron chi connectivity index (χ2n) is 6.45. The van der Waals surface area contributed by atoms with Gasteiger partial charge in [-0.15, -0.1) is 0 Å². The molecule has 0 amide bonds. The van der Waals surface area contributed by atoms with Crippen molar-refractivity contribution in [2.75, 3.05) is 32.7 Å². The maximum atomic E-state index is 12.5. The number of halogens is 3. The SMILES string of the molecule is Cn1c(COc2ccc(Cl)cc2)nn(CN2CCN(CC(F)F)CC2)c1=S. The van der Waals surface area contributed by atoms with Crippen LogP contribution in [0.2, 0.25) is 5.02 Å². The van der Waals surface area contributed by atoms with Gasteiger partial charge in [0.2, 0.25) is 0 Å². The molecule has 2 aromatic rings. The molecule has 6 nitrogen and oxygen atoms in total. The average molecular weight is 418 g/mol. The second-order valence-corrected chi connectivity index (χ2v) is 7.25. The van der Waals surface area contributed by atoms with Crippen molar-refractivity contribution in [3.63, 3.8) is 0 Å². The van der Waals surface area contributed by atoms with Crippen LogP contribution >= 0.6 is 23.8 Å². The Morgan fingerprint density at radius 3 is 2.41 bits per heavy atom. The first-order valence-electron chi connectivity index (χ1n) is 8.66. The Bertz CT molecular complexity index is 803. The van der Waals surface area contributed by atoms with E-state index in [4.69, 9.17) is 28.6 Å². The van der Waals surface area contributed by atoms with Crippen LogP contribution in [0.5, 0.6) is 5.75 Å². The van der Waals surface area contributed by atoms with Crippen molar-refractivity contribution in [2.24, 2.45) is 7.05 Å². The molecule has 1 aliphatic rings. The maximum absolute atomic E-state index is 12.5. The number of piperazine rings is 1. The van der Waals surface area contributed by atoms with Crippen molar-refractivity contribution in [2.45, 2.75) is 19.7 Å². The van der Waals surface area contributed by atoms with Gasteiger partial charge in [-0.05, 0) is 36.5 Å². The fraction of sp³-hybridized carbons (Fsp3) is 0.529. The third-order valence-electron chi connectivity index (χ3n) is 4.51. The molecule has 27 heavy (non-hydrogen) atoms. The molecule has 2 heterocycles. The summed E-state index contributed by atoms with van der Waals surface area (Å²) in [6.07, 6.45) is -2.29. The summed E-state index contributed by atoms with van der Waals surface area (Å²) in [6.45, 7) is 3.33. The van der Waals surface area contributed by atoms with Crippen LogP contribution in [-0.4, -0.2) is 63.3 Å². The lowest BCUT2D eigenvalue weighted by molar-refractivity contribution is 0.0460. The van der Waals surface area contributed by atoms with Crippen LogP contribution in [0.1, 0.15) is 5.82 Å². The van der Waals surface area contributed by atoms with Crippen molar-refractivity contribution in [3.8, 4) is 5.75 Å². The highest BCUT2D eigenvalue weighted by molar-refractivity contribution is 7.71. The van der Waals surface area contributed by atoms with Crippen LogP contribution in [0.3, 0.4) is 0 Å². The monoisotopic (exact) mass is 417 g/mol. The van der Waals surface area contributed by atoms with E-state index in [0.29, 0.717) is 54.2 Å². The van der Waals surface area contributed by atoms with Gasteiger partial charge >= 0.3 is 0 Å². The topological polar surface area (TPSA) is 38.5 Å². The van der Waals surface area contributed by atoms with Gasteiger partial charge in [-0.25, -0.2) is 13.5 Å². The fourth-order valence-electron chi connectivity index (χ4n) is 2.93. The van der Waals surface area contributed by atoms with Gasteiger partial charge in [0.25, 0.3) is 6.43 Å². The number of ether oxygens (including phenoxy) is 1. The lowest BCUT2D eigenvalue weighted by Gasteiger charge is -2.34. The molecule has 0 saturated carbocycles. The number of aromatic nitrogens is 3. The average Bonchev–Trinajstić information content (AvgIpc) is 2.90. The number of hydrogen-bond donors (Lipinski definition) is 0. The molecule has 0 bridgehead atoms. The molecule has 10 heteroatoms. The Hall–Kier alpha value is -1.55. The Balaban J connectivity index is 1.57. The van der Waals surface area contributed by atoms with E-state index in [1.54, 1.807) is 33.8 Å². The van der Waals surface area contributed by atoms with E-state index in [0.717, 1.165) is 0 Å². The normalized spacial score (nSPS) is 16.2. The van der Waals surface area contributed by atoms with Gasteiger partial charge in [0, 0.05) is 38.2 Å². The smallest absolute Gasteiger partial charge is 0.251 e. The zero-order chi connectivity index (χ0) is 19.4. The number of rotatable bonds is 7. The zero-order valence-electron chi connectivity index (χ0n) is 15.0. The standard InChI is InChI=1S/C17H22ClF2N5OS/c1-22-16(11-26-14-4-2-13(18)3-5-14)21-25(17(22)27)12-24-8-6-23(7-9-24)10-15(19)20/h2-5,15H,6-12H2,1H3. The highest BCUT2D eigenvalue weighted by Crippen LogP contribution is 2.17. The van der Waals surface area contributed by atoms with Gasteiger partial charge in [0.15, 0.2) is 10.6 Å². The minimum Gasteiger partial charge on any atom is -0.486 e. The third kappa shape index (κ3) is 5.47. The van der Waals surface area contributed by atoms with E-state index in [1.807, 2.05) is 11.6 Å². The van der Waals surface area contributed by atoms with Gasteiger partial charge in [-0.2, -0.15) is 5.10 Å².